The lowest BCUT2D eigenvalue weighted by Crippen LogP contribution is -2.25. The van der Waals surface area contributed by atoms with Gasteiger partial charge in [-0.05, 0) is 24.1 Å². The largest absolute Gasteiger partial charge is 0.341 e. The summed E-state index contributed by atoms with van der Waals surface area (Å²) in [4.78, 5) is 13.4. The van der Waals surface area contributed by atoms with E-state index in [4.69, 9.17) is 11.6 Å². The summed E-state index contributed by atoms with van der Waals surface area (Å²) in [5.74, 6) is 0.205. The maximum Gasteiger partial charge on any atom is 0.222 e. The fraction of sp³-hybridized carbons (Fsp3) is 0.462. The molecule has 0 aliphatic heterocycles. The van der Waals surface area contributed by atoms with Crippen molar-refractivity contribution in [2.45, 2.75) is 32.7 Å². The molecule has 0 saturated carbocycles. The predicted octanol–water partition coefficient (Wildman–Crippen LogP) is 3.49. The van der Waals surface area contributed by atoms with Gasteiger partial charge in [0, 0.05) is 25.0 Å². The number of carbonyl (C=O) groups is 1. The Kier molecular flexibility index (Phi) is 5.33. The van der Waals surface area contributed by atoms with E-state index in [9.17, 15) is 4.79 Å². The van der Waals surface area contributed by atoms with Gasteiger partial charge in [-0.1, -0.05) is 37.1 Å². The molecule has 0 aliphatic carbocycles. The smallest absolute Gasteiger partial charge is 0.222 e. The summed E-state index contributed by atoms with van der Waals surface area (Å²) in [5, 5.41) is 0.726. The van der Waals surface area contributed by atoms with Crippen molar-refractivity contribution in [3.05, 3.63) is 34.9 Å². The zero-order valence-corrected chi connectivity index (χ0v) is 10.6. The Balaban J connectivity index is 2.47. The van der Waals surface area contributed by atoms with Crippen LogP contribution in [0.4, 0.5) is 0 Å². The van der Waals surface area contributed by atoms with Crippen LogP contribution >= 0.6 is 11.6 Å². The number of rotatable bonds is 5. The van der Waals surface area contributed by atoms with Crippen LogP contribution in [0.2, 0.25) is 5.02 Å². The molecule has 1 amide bonds. The highest BCUT2D eigenvalue weighted by molar-refractivity contribution is 6.30. The highest BCUT2D eigenvalue weighted by Crippen LogP contribution is 2.11. The van der Waals surface area contributed by atoms with Crippen molar-refractivity contribution >= 4 is 17.5 Å². The molecule has 16 heavy (non-hydrogen) atoms. The molecule has 0 aromatic heterocycles. The standard InChI is InChI=1S/C13H18ClNO/c1-3-4-5-13(16)15(2)10-11-6-8-12(14)9-7-11/h6-9H,3-5,10H2,1-2H3. The average Bonchev–Trinajstić information content (AvgIpc) is 2.29. The van der Waals surface area contributed by atoms with E-state index < -0.39 is 0 Å². The first-order valence-electron chi connectivity index (χ1n) is 5.62. The molecule has 0 bridgehead atoms. The van der Waals surface area contributed by atoms with Gasteiger partial charge in [-0.25, -0.2) is 0 Å². The number of unbranched alkanes of at least 4 members (excludes halogenated alkanes) is 1. The summed E-state index contributed by atoms with van der Waals surface area (Å²) in [5.41, 5.74) is 1.11. The van der Waals surface area contributed by atoms with Crippen LogP contribution < -0.4 is 0 Å². The summed E-state index contributed by atoms with van der Waals surface area (Å²) in [6.45, 7) is 2.74. The Morgan fingerprint density at radius 2 is 1.94 bits per heavy atom. The third-order valence-corrected chi connectivity index (χ3v) is 2.75. The van der Waals surface area contributed by atoms with E-state index >= 15 is 0 Å². The van der Waals surface area contributed by atoms with E-state index in [1.807, 2.05) is 31.3 Å². The lowest BCUT2D eigenvalue weighted by molar-refractivity contribution is -0.130. The Morgan fingerprint density at radius 3 is 2.50 bits per heavy atom. The molecular weight excluding hydrogens is 222 g/mol. The van der Waals surface area contributed by atoms with Gasteiger partial charge in [-0.15, -0.1) is 0 Å². The van der Waals surface area contributed by atoms with Gasteiger partial charge in [-0.3, -0.25) is 4.79 Å². The normalized spacial score (nSPS) is 10.2. The Bertz CT molecular complexity index is 334. The van der Waals surface area contributed by atoms with Gasteiger partial charge < -0.3 is 4.90 Å². The number of hydrogen-bond acceptors (Lipinski definition) is 1. The number of carbonyl (C=O) groups excluding carboxylic acids is 1. The quantitative estimate of drug-likeness (QED) is 0.770. The average molecular weight is 240 g/mol. The Labute approximate surface area is 102 Å². The lowest BCUT2D eigenvalue weighted by atomic mass is 10.2. The second-order valence-electron chi connectivity index (χ2n) is 3.98. The first-order valence-corrected chi connectivity index (χ1v) is 5.99. The summed E-state index contributed by atoms with van der Waals surface area (Å²) >= 11 is 5.80. The maximum atomic E-state index is 11.7. The third-order valence-electron chi connectivity index (χ3n) is 2.50. The molecule has 0 atom stereocenters. The number of halogens is 1. The molecule has 1 rings (SSSR count). The van der Waals surface area contributed by atoms with Crippen LogP contribution in [0.25, 0.3) is 0 Å². The van der Waals surface area contributed by atoms with E-state index in [1.165, 1.54) is 0 Å². The van der Waals surface area contributed by atoms with Crippen molar-refractivity contribution < 1.29 is 4.79 Å². The van der Waals surface area contributed by atoms with Crippen molar-refractivity contribution in [3.8, 4) is 0 Å². The molecule has 88 valence electrons. The van der Waals surface area contributed by atoms with Crippen LogP contribution in [-0.4, -0.2) is 17.9 Å². The predicted molar refractivity (Wildman–Crippen MR) is 67.5 cm³/mol. The summed E-state index contributed by atoms with van der Waals surface area (Å²) in [6, 6.07) is 7.60. The van der Waals surface area contributed by atoms with Crippen LogP contribution in [0.3, 0.4) is 0 Å². The molecule has 1 aromatic carbocycles. The van der Waals surface area contributed by atoms with Crippen LogP contribution in [-0.2, 0) is 11.3 Å². The van der Waals surface area contributed by atoms with Crippen molar-refractivity contribution in [3.63, 3.8) is 0 Å². The Morgan fingerprint density at radius 1 is 1.31 bits per heavy atom. The lowest BCUT2D eigenvalue weighted by Gasteiger charge is -2.17. The fourth-order valence-corrected chi connectivity index (χ4v) is 1.60. The van der Waals surface area contributed by atoms with Gasteiger partial charge >= 0.3 is 0 Å². The van der Waals surface area contributed by atoms with Crippen molar-refractivity contribution in [2.75, 3.05) is 7.05 Å². The number of hydrogen-bond donors (Lipinski definition) is 0. The summed E-state index contributed by atoms with van der Waals surface area (Å²) in [7, 11) is 1.84. The molecule has 0 radical (unpaired) electrons. The second kappa shape index (κ2) is 6.54. The van der Waals surface area contributed by atoms with Crippen LogP contribution in [0.5, 0.6) is 0 Å². The van der Waals surface area contributed by atoms with E-state index in [1.54, 1.807) is 4.90 Å². The van der Waals surface area contributed by atoms with Gasteiger partial charge in [0.2, 0.25) is 5.91 Å². The fourth-order valence-electron chi connectivity index (χ4n) is 1.47. The maximum absolute atomic E-state index is 11.7. The molecule has 0 aliphatic rings. The molecule has 2 nitrogen and oxygen atoms in total. The van der Waals surface area contributed by atoms with Gasteiger partial charge in [0.15, 0.2) is 0 Å². The molecule has 3 heteroatoms. The van der Waals surface area contributed by atoms with Gasteiger partial charge in [-0.2, -0.15) is 0 Å². The topological polar surface area (TPSA) is 20.3 Å². The molecule has 0 fully saturated rings. The van der Waals surface area contributed by atoms with Crippen molar-refractivity contribution in [2.24, 2.45) is 0 Å². The Hall–Kier alpha value is -1.02. The van der Waals surface area contributed by atoms with Crippen LogP contribution in [0, 0.1) is 0 Å². The minimum Gasteiger partial charge on any atom is -0.341 e. The number of nitrogens with zero attached hydrogens (tertiary/aromatic N) is 1. The van der Waals surface area contributed by atoms with Crippen LogP contribution in [0.15, 0.2) is 24.3 Å². The number of benzene rings is 1. The van der Waals surface area contributed by atoms with E-state index in [-0.39, 0.29) is 5.91 Å². The van der Waals surface area contributed by atoms with Gasteiger partial charge in [0.25, 0.3) is 0 Å². The van der Waals surface area contributed by atoms with E-state index in [0.29, 0.717) is 13.0 Å². The summed E-state index contributed by atoms with van der Waals surface area (Å²) in [6.07, 6.45) is 2.66. The third kappa shape index (κ3) is 4.23. The molecule has 0 heterocycles. The van der Waals surface area contributed by atoms with Crippen molar-refractivity contribution in [1.29, 1.82) is 0 Å². The summed E-state index contributed by atoms with van der Waals surface area (Å²) < 4.78 is 0. The highest BCUT2D eigenvalue weighted by Gasteiger charge is 2.07. The molecule has 1 aromatic rings. The van der Waals surface area contributed by atoms with Gasteiger partial charge in [0.05, 0.1) is 0 Å². The monoisotopic (exact) mass is 239 g/mol. The molecular formula is C13H18ClNO. The zero-order valence-electron chi connectivity index (χ0n) is 9.87. The minimum absolute atomic E-state index is 0.205. The zero-order chi connectivity index (χ0) is 12.0. The molecule has 0 unspecified atom stereocenters. The molecule has 0 saturated heterocycles. The second-order valence-corrected chi connectivity index (χ2v) is 4.42. The first kappa shape index (κ1) is 13.0. The van der Waals surface area contributed by atoms with E-state index in [2.05, 4.69) is 6.92 Å². The highest BCUT2D eigenvalue weighted by atomic mass is 35.5. The molecule has 0 N–H and O–H groups in total. The van der Waals surface area contributed by atoms with E-state index in [0.717, 1.165) is 23.4 Å². The molecule has 0 spiro atoms. The number of amides is 1. The first-order chi connectivity index (χ1) is 7.63. The van der Waals surface area contributed by atoms with Crippen molar-refractivity contribution in [1.82, 2.24) is 4.90 Å². The van der Waals surface area contributed by atoms with Crippen LogP contribution in [0.1, 0.15) is 31.7 Å². The minimum atomic E-state index is 0.205. The SMILES string of the molecule is CCCCC(=O)N(C)Cc1ccc(Cl)cc1. The van der Waals surface area contributed by atoms with Gasteiger partial charge in [0.1, 0.15) is 0 Å².